The van der Waals surface area contributed by atoms with Crippen molar-refractivity contribution < 1.29 is 4.79 Å². The minimum absolute atomic E-state index is 0.0681. The average molecular weight is 245 g/mol. The fourth-order valence-electron chi connectivity index (χ4n) is 3.28. The Labute approximate surface area is 107 Å². The van der Waals surface area contributed by atoms with Crippen LogP contribution >= 0.6 is 0 Å². The van der Waals surface area contributed by atoms with Crippen molar-refractivity contribution in [2.75, 3.05) is 13.1 Å². The largest absolute Gasteiger partial charge is 0.337 e. The van der Waals surface area contributed by atoms with E-state index in [1.165, 1.54) is 0 Å². The third-order valence-corrected chi connectivity index (χ3v) is 4.26. The van der Waals surface area contributed by atoms with Gasteiger partial charge in [0.25, 0.3) is 5.91 Å². The Morgan fingerprint density at radius 1 is 1.28 bits per heavy atom. The third kappa shape index (κ3) is 2.12. The van der Waals surface area contributed by atoms with Crippen LogP contribution in [-0.4, -0.2) is 34.9 Å². The van der Waals surface area contributed by atoms with Crippen LogP contribution in [0.4, 0.5) is 0 Å². The molecule has 2 aliphatic rings. The zero-order chi connectivity index (χ0) is 12.5. The Hall–Kier alpha value is -1.42. The molecule has 18 heavy (non-hydrogen) atoms. The SMILES string of the molecule is NC1CC[C@@H]2CN(C(=O)c3ccccn3)C[C@@H]2C1. The summed E-state index contributed by atoms with van der Waals surface area (Å²) in [5.74, 6) is 1.32. The van der Waals surface area contributed by atoms with E-state index in [2.05, 4.69) is 4.98 Å². The van der Waals surface area contributed by atoms with Crippen LogP contribution in [0.25, 0.3) is 0 Å². The van der Waals surface area contributed by atoms with Crippen molar-refractivity contribution >= 4 is 5.91 Å². The summed E-state index contributed by atoms with van der Waals surface area (Å²) in [5, 5.41) is 0. The number of hydrogen-bond acceptors (Lipinski definition) is 3. The summed E-state index contributed by atoms with van der Waals surface area (Å²) in [6.07, 6.45) is 5.01. The molecule has 2 N–H and O–H groups in total. The second-order valence-corrected chi connectivity index (χ2v) is 5.52. The molecule has 1 aliphatic heterocycles. The van der Waals surface area contributed by atoms with Gasteiger partial charge in [-0.15, -0.1) is 0 Å². The van der Waals surface area contributed by atoms with Crippen LogP contribution in [0.15, 0.2) is 24.4 Å². The zero-order valence-electron chi connectivity index (χ0n) is 10.5. The van der Waals surface area contributed by atoms with E-state index >= 15 is 0 Å². The number of amides is 1. The van der Waals surface area contributed by atoms with Gasteiger partial charge in [0.1, 0.15) is 5.69 Å². The van der Waals surface area contributed by atoms with Gasteiger partial charge in [0.05, 0.1) is 0 Å². The number of nitrogens with two attached hydrogens (primary N) is 1. The van der Waals surface area contributed by atoms with Gasteiger partial charge in [-0.05, 0) is 43.2 Å². The molecule has 2 heterocycles. The van der Waals surface area contributed by atoms with Crippen molar-refractivity contribution in [3.05, 3.63) is 30.1 Å². The highest BCUT2D eigenvalue weighted by Gasteiger charge is 2.38. The Morgan fingerprint density at radius 2 is 2.11 bits per heavy atom. The predicted molar refractivity (Wildman–Crippen MR) is 68.9 cm³/mol. The summed E-state index contributed by atoms with van der Waals surface area (Å²) in [7, 11) is 0. The van der Waals surface area contributed by atoms with Crippen molar-refractivity contribution in [1.29, 1.82) is 0 Å². The van der Waals surface area contributed by atoms with Gasteiger partial charge in [-0.2, -0.15) is 0 Å². The molecule has 1 saturated carbocycles. The second-order valence-electron chi connectivity index (χ2n) is 5.52. The first-order valence-electron chi connectivity index (χ1n) is 6.70. The molecule has 3 atom stereocenters. The van der Waals surface area contributed by atoms with E-state index < -0.39 is 0 Å². The second kappa shape index (κ2) is 4.69. The van der Waals surface area contributed by atoms with Crippen molar-refractivity contribution in [2.24, 2.45) is 17.6 Å². The smallest absolute Gasteiger partial charge is 0.272 e. The van der Waals surface area contributed by atoms with Crippen molar-refractivity contribution in [3.63, 3.8) is 0 Å². The maximum absolute atomic E-state index is 12.3. The maximum atomic E-state index is 12.3. The van der Waals surface area contributed by atoms with Gasteiger partial charge in [0.2, 0.25) is 0 Å². The molecule has 0 spiro atoms. The zero-order valence-corrected chi connectivity index (χ0v) is 10.5. The molecular weight excluding hydrogens is 226 g/mol. The monoisotopic (exact) mass is 245 g/mol. The molecule has 4 nitrogen and oxygen atoms in total. The van der Waals surface area contributed by atoms with E-state index in [1.54, 1.807) is 12.3 Å². The lowest BCUT2D eigenvalue weighted by Gasteiger charge is -2.27. The summed E-state index contributed by atoms with van der Waals surface area (Å²) < 4.78 is 0. The fourth-order valence-corrected chi connectivity index (χ4v) is 3.28. The van der Waals surface area contributed by atoms with Crippen LogP contribution in [0.3, 0.4) is 0 Å². The minimum atomic E-state index is 0.0681. The van der Waals surface area contributed by atoms with Gasteiger partial charge in [0.15, 0.2) is 0 Å². The van der Waals surface area contributed by atoms with Gasteiger partial charge >= 0.3 is 0 Å². The molecule has 1 amide bonds. The topological polar surface area (TPSA) is 59.2 Å². The van der Waals surface area contributed by atoms with E-state index in [4.69, 9.17) is 5.73 Å². The number of pyridine rings is 1. The van der Waals surface area contributed by atoms with Crippen LogP contribution in [0, 0.1) is 11.8 Å². The van der Waals surface area contributed by atoms with E-state index in [9.17, 15) is 4.79 Å². The number of fused-ring (bicyclic) bond motifs is 1. The summed E-state index contributed by atoms with van der Waals surface area (Å²) in [5.41, 5.74) is 6.56. The average Bonchev–Trinajstić information content (AvgIpc) is 2.81. The molecule has 96 valence electrons. The number of likely N-dealkylation sites (tertiary alicyclic amines) is 1. The lowest BCUT2D eigenvalue weighted by atomic mass is 9.79. The third-order valence-electron chi connectivity index (χ3n) is 4.26. The molecule has 1 aromatic heterocycles. The standard InChI is InChI=1S/C14H19N3O/c15-12-5-4-10-8-17(9-11(10)7-12)14(18)13-3-1-2-6-16-13/h1-3,6,10-12H,4-5,7-9,15H2/t10-,11+,12?/m1/s1. The van der Waals surface area contributed by atoms with E-state index in [0.29, 0.717) is 23.6 Å². The Bertz CT molecular complexity index is 434. The molecule has 1 unspecified atom stereocenters. The van der Waals surface area contributed by atoms with Crippen molar-refractivity contribution in [2.45, 2.75) is 25.3 Å². The number of carbonyl (C=O) groups is 1. The first-order chi connectivity index (χ1) is 8.74. The Morgan fingerprint density at radius 3 is 2.89 bits per heavy atom. The van der Waals surface area contributed by atoms with Gasteiger partial charge < -0.3 is 10.6 Å². The summed E-state index contributed by atoms with van der Waals surface area (Å²) in [4.78, 5) is 18.4. The summed E-state index contributed by atoms with van der Waals surface area (Å²) in [6.45, 7) is 1.74. The lowest BCUT2D eigenvalue weighted by Crippen LogP contribution is -2.32. The summed E-state index contributed by atoms with van der Waals surface area (Å²) >= 11 is 0. The van der Waals surface area contributed by atoms with Crippen LogP contribution in [0.5, 0.6) is 0 Å². The number of nitrogens with zero attached hydrogens (tertiary/aromatic N) is 2. The molecule has 2 fully saturated rings. The molecule has 3 rings (SSSR count). The van der Waals surface area contributed by atoms with Crippen molar-refractivity contribution in [1.82, 2.24) is 9.88 Å². The van der Waals surface area contributed by atoms with E-state index in [0.717, 1.165) is 32.4 Å². The lowest BCUT2D eigenvalue weighted by molar-refractivity contribution is 0.0778. The first-order valence-corrected chi connectivity index (χ1v) is 6.70. The Kier molecular flexibility index (Phi) is 3.04. The van der Waals surface area contributed by atoms with Crippen molar-refractivity contribution in [3.8, 4) is 0 Å². The molecule has 4 heteroatoms. The number of rotatable bonds is 1. The highest BCUT2D eigenvalue weighted by molar-refractivity contribution is 5.92. The fraction of sp³-hybridized carbons (Fsp3) is 0.571. The number of carbonyl (C=O) groups excluding carboxylic acids is 1. The van der Waals surface area contributed by atoms with Gasteiger partial charge in [0, 0.05) is 25.3 Å². The van der Waals surface area contributed by atoms with Gasteiger partial charge in [-0.1, -0.05) is 6.07 Å². The van der Waals surface area contributed by atoms with E-state index in [-0.39, 0.29) is 5.91 Å². The van der Waals surface area contributed by atoms with Crippen LogP contribution < -0.4 is 5.73 Å². The molecule has 1 aliphatic carbocycles. The predicted octanol–water partition coefficient (Wildman–Crippen LogP) is 1.28. The van der Waals surface area contributed by atoms with Crippen LogP contribution in [0.1, 0.15) is 29.8 Å². The van der Waals surface area contributed by atoms with Gasteiger partial charge in [-0.3, -0.25) is 9.78 Å². The van der Waals surface area contributed by atoms with Crippen LogP contribution in [-0.2, 0) is 0 Å². The quantitative estimate of drug-likeness (QED) is 0.811. The molecule has 0 radical (unpaired) electrons. The molecule has 0 aromatic carbocycles. The van der Waals surface area contributed by atoms with Gasteiger partial charge in [-0.25, -0.2) is 0 Å². The number of hydrogen-bond donors (Lipinski definition) is 1. The van der Waals surface area contributed by atoms with Crippen LogP contribution in [0.2, 0.25) is 0 Å². The molecular formula is C14H19N3O. The highest BCUT2D eigenvalue weighted by atomic mass is 16.2. The number of aromatic nitrogens is 1. The molecule has 0 bridgehead atoms. The summed E-state index contributed by atoms with van der Waals surface area (Å²) in [6, 6.07) is 5.81. The molecule has 1 aromatic rings. The van der Waals surface area contributed by atoms with E-state index in [1.807, 2.05) is 17.0 Å². The first kappa shape index (κ1) is 11.7. The molecule has 1 saturated heterocycles. The normalized spacial score (nSPS) is 31.2. The highest BCUT2D eigenvalue weighted by Crippen LogP contribution is 2.35. The maximum Gasteiger partial charge on any atom is 0.272 e. The minimum Gasteiger partial charge on any atom is -0.337 e. The Balaban J connectivity index is 1.70.